The van der Waals surface area contributed by atoms with E-state index >= 15 is 0 Å². The molecular formula is C22H24ClFN2O. The van der Waals surface area contributed by atoms with Crippen LogP contribution in [-0.2, 0) is 6.54 Å². The van der Waals surface area contributed by atoms with Crippen molar-refractivity contribution in [2.45, 2.75) is 25.8 Å². The second kappa shape index (κ2) is 7.99. The average molecular weight is 387 g/mol. The number of allylic oxidation sites excluding steroid dienone is 1. The van der Waals surface area contributed by atoms with Crippen LogP contribution in [0.1, 0.15) is 30.4 Å². The highest BCUT2D eigenvalue weighted by atomic mass is 35.5. The number of rotatable bonds is 4. The summed E-state index contributed by atoms with van der Waals surface area (Å²) in [6.45, 7) is 2.57. The summed E-state index contributed by atoms with van der Waals surface area (Å²) in [5.74, 6) is 1.42. The minimum absolute atomic E-state index is 0.0638. The standard InChI is InChI=1S/C22H24ClFN2O/c23-19-10-18(22(27)25-11-19)14-26-12-16-5-3-6-17(13-26)20(16)9-8-15-4-1-2-7-21(15)24/h1-2,4,7-11,16-17,20H,3,5-6,12-14H2,(H,25,27). The van der Waals surface area contributed by atoms with Crippen LogP contribution in [0.5, 0.6) is 0 Å². The molecule has 1 aromatic carbocycles. The summed E-state index contributed by atoms with van der Waals surface area (Å²) in [7, 11) is 0. The third kappa shape index (κ3) is 4.17. The first-order valence-electron chi connectivity index (χ1n) is 9.62. The highest BCUT2D eigenvalue weighted by molar-refractivity contribution is 6.30. The quantitative estimate of drug-likeness (QED) is 0.824. The SMILES string of the molecule is O=c1[nH]cc(Cl)cc1CN1CC2CCCC(C1)C2C=Cc1ccccc1F. The maximum atomic E-state index is 13.9. The normalized spacial score (nSPS) is 25.8. The van der Waals surface area contributed by atoms with Gasteiger partial charge in [0, 0.05) is 37.0 Å². The van der Waals surface area contributed by atoms with Crippen molar-refractivity contribution in [2.24, 2.45) is 17.8 Å². The van der Waals surface area contributed by atoms with Crippen molar-refractivity contribution in [1.29, 1.82) is 0 Å². The van der Waals surface area contributed by atoms with E-state index in [1.54, 1.807) is 12.1 Å². The summed E-state index contributed by atoms with van der Waals surface area (Å²) in [6.07, 6.45) is 9.32. The molecule has 1 aromatic heterocycles. The van der Waals surface area contributed by atoms with Crippen LogP contribution in [0.4, 0.5) is 4.39 Å². The lowest BCUT2D eigenvalue weighted by atomic mass is 9.68. The Kier molecular flexibility index (Phi) is 5.46. The van der Waals surface area contributed by atoms with E-state index in [4.69, 9.17) is 11.6 Å². The molecule has 0 radical (unpaired) electrons. The van der Waals surface area contributed by atoms with Gasteiger partial charge in [0.25, 0.3) is 5.56 Å². The van der Waals surface area contributed by atoms with Gasteiger partial charge in [-0.25, -0.2) is 4.39 Å². The first-order valence-corrected chi connectivity index (χ1v) is 10.00. The molecule has 1 aliphatic carbocycles. The molecule has 2 aliphatic rings. The van der Waals surface area contributed by atoms with Gasteiger partial charge in [0.15, 0.2) is 0 Å². The zero-order valence-electron chi connectivity index (χ0n) is 15.2. The molecule has 2 fully saturated rings. The van der Waals surface area contributed by atoms with E-state index in [1.165, 1.54) is 31.5 Å². The highest BCUT2D eigenvalue weighted by Gasteiger charge is 2.38. The van der Waals surface area contributed by atoms with E-state index in [1.807, 2.05) is 18.2 Å². The predicted molar refractivity (Wildman–Crippen MR) is 107 cm³/mol. The van der Waals surface area contributed by atoms with Crippen molar-refractivity contribution in [2.75, 3.05) is 13.1 Å². The number of aromatic nitrogens is 1. The smallest absolute Gasteiger partial charge is 0.252 e. The number of likely N-dealkylation sites (tertiary alicyclic amines) is 1. The summed E-state index contributed by atoms with van der Waals surface area (Å²) >= 11 is 6.04. The Labute approximate surface area is 163 Å². The molecule has 142 valence electrons. The number of H-pyrrole nitrogens is 1. The van der Waals surface area contributed by atoms with E-state index in [2.05, 4.69) is 16.0 Å². The van der Waals surface area contributed by atoms with Gasteiger partial charge >= 0.3 is 0 Å². The van der Waals surface area contributed by atoms with E-state index in [0.717, 1.165) is 18.7 Å². The van der Waals surface area contributed by atoms with Crippen molar-refractivity contribution in [3.63, 3.8) is 0 Å². The lowest BCUT2D eigenvalue weighted by Gasteiger charge is -2.46. The average Bonchev–Trinajstić information content (AvgIpc) is 2.64. The van der Waals surface area contributed by atoms with Crippen LogP contribution in [0.15, 0.2) is 47.4 Å². The fraction of sp³-hybridized carbons (Fsp3) is 0.409. The zero-order chi connectivity index (χ0) is 18.8. The lowest BCUT2D eigenvalue weighted by Crippen LogP contribution is -2.47. The summed E-state index contributed by atoms with van der Waals surface area (Å²) in [6, 6.07) is 8.68. The topological polar surface area (TPSA) is 36.1 Å². The molecule has 1 saturated carbocycles. The lowest BCUT2D eigenvalue weighted by molar-refractivity contribution is 0.0419. The van der Waals surface area contributed by atoms with Crippen LogP contribution in [-0.4, -0.2) is 23.0 Å². The second-order valence-electron chi connectivity index (χ2n) is 7.78. The molecule has 1 saturated heterocycles. The molecule has 4 rings (SSSR count). The van der Waals surface area contributed by atoms with Gasteiger partial charge in [-0.1, -0.05) is 48.4 Å². The van der Waals surface area contributed by atoms with Crippen LogP contribution in [0.2, 0.25) is 5.02 Å². The Balaban J connectivity index is 1.48. The molecule has 0 amide bonds. The van der Waals surface area contributed by atoms with Crippen molar-refractivity contribution >= 4 is 17.7 Å². The van der Waals surface area contributed by atoms with E-state index in [-0.39, 0.29) is 11.4 Å². The van der Waals surface area contributed by atoms with E-state index < -0.39 is 0 Å². The summed E-state index contributed by atoms with van der Waals surface area (Å²) in [4.78, 5) is 17.1. The third-order valence-corrected chi connectivity index (χ3v) is 6.18. The number of aromatic amines is 1. The third-order valence-electron chi connectivity index (χ3n) is 5.97. The number of hydrogen-bond acceptors (Lipinski definition) is 2. The molecule has 27 heavy (non-hydrogen) atoms. The number of hydrogen-bond donors (Lipinski definition) is 1. The summed E-state index contributed by atoms with van der Waals surface area (Å²) in [5.41, 5.74) is 1.32. The molecule has 0 spiro atoms. The molecule has 2 atom stereocenters. The molecule has 1 aliphatic heterocycles. The largest absolute Gasteiger partial charge is 0.327 e. The Morgan fingerprint density at radius 1 is 1.22 bits per heavy atom. The summed E-state index contributed by atoms with van der Waals surface area (Å²) < 4.78 is 13.9. The molecule has 5 heteroatoms. The van der Waals surface area contributed by atoms with Crippen LogP contribution in [0.3, 0.4) is 0 Å². The fourth-order valence-electron chi connectivity index (χ4n) is 4.70. The molecular weight excluding hydrogens is 363 g/mol. The maximum absolute atomic E-state index is 13.9. The Bertz CT molecular complexity index is 880. The first kappa shape index (κ1) is 18.5. The van der Waals surface area contributed by atoms with Crippen LogP contribution < -0.4 is 5.56 Å². The van der Waals surface area contributed by atoms with E-state index in [9.17, 15) is 9.18 Å². The Hall–Kier alpha value is -1.91. The molecule has 2 heterocycles. The van der Waals surface area contributed by atoms with Crippen molar-refractivity contribution < 1.29 is 4.39 Å². The van der Waals surface area contributed by atoms with Gasteiger partial charge in [-0.2, -0.15) is 0 Å². The number of pyridine rings is 1. The molecule has 2 unspecified atom stereocenters. The number of benzene rings is 1. The molecule has 3 nitrogen and oxygen atoms in total. The van der Waals surface area contributed by atoms with Gasteiger partial charge in [0.05, 0.1) is 5.02 Å². The van der Waals surface area contributed by atoms with Gasteiger partial charge in [-0.05, 0) is 42.7 Å². The van der Waals surface area contributed by atoms with Gasteiger partial charge in [-0.15, -0.1) is 0 Å². The van der Waals surface area contributed by atoms with Crippen LogP contribution in [0.25, 0.3) is 6.08 Å². The monoisotopic (exact) mass is 386 g/mol. The highest BCUT2D eigenvalue weighted by Crippen LogP contribution is 2.41. The summed E-state index contributed by atoms with van der Waals surface area (Å²) in [5, 5.41) is 0.563. The molecule has 2 aromatic rings. The number of fused-ring (bicyclic) bond motifs is 2. The van der Waals surface area contributed by atoms with Crippen LogP contribution >= 0.6 is 11.6 Å². The number of halogens is 2. The maximum Gasteiger partial charge on any atom is 0.252 e. The number of piperidine rings is 1. The number of nitrogens with zero attached hydrogens (tertiary/aromatic N) is 1. The van der Waals surface area contributed by atoms with Gasteiger partial charge in [0.2, 0.25) is 0 Å². The van der Waals surface area contributed by atoms with Crippen LogP contribution in [0, 0.1) is 23.6 Å². The Morgan fingerprint density at radius 2 is 1.96 bits per heavy atom. The molecule has 2 bridgehead atoms. The van der Waals surface area contributed by atoms with E-state index in [0.29, 0.717) is 34.9 Å². The van der Waals surface area contributed by atoms with Gasteiger partial charge in [-0.3, -0.25) is 9.69 Å². The minimum atomic E-state index is -0.170. The van der Waals surface area contributed by atoms with Gasteiger partial charge < -0.3 is 4.98 Å². The predicted octanol–water partition coefficient (Wildman–Crippen LogP) is 4.73. The second-order valence-corrected chi connectivity index (χ2v) is 8.21. The zero-order valence-corrected chi connectivity index (χ0v) is 16.0. The first-order chi connectivity index (χ1) is 13.1. The fourth-order valence-corrected chi connectivity index (χ4v) is 4.89. The van der Waals surface area contributed by atoms with Gasteiger partial charge in [0.1, 0.15) is 5.82 Å². The van der Waals surface area contributed by atoms with Crippen molar-refractivity contribution in [1.82, 2.24) is 9.88 Å². The number of nitrogens with one attached hydrogen (secondary N) is 1. The Morgan fingerprint density at radius 3 is 2.70 bits per heavy atom. The van der Waals surface area contributed by atoms with Crippen molar-refractivity contribution in [3.8, 4) is 0 Å². The minimum Gasteiger partial charge on any atom is -0.327 e. The van der Waals surface area contributed by atoms with Crippen molar-refractivity contribution in [3.05, 3.63) is 74.9 Å². The molecule has 1 N–H and O–H groups in total.